The number of hydrogen-bond donors (Lipinski definition) is 1. The van der Waals surface area contributed by atoms with Gasteiger partial charge in [-0.1, -0.05) is 30.3 Å². The molecule has 0 bridgehead atoms. The zero-order valence-corrected chi connectivity index (χ0v) is 12.2. The van der Waals surface area contributed by atoms with E-state index in [9.17, 15) is 23.1 Å². The second-order valence-electron chi connectivity index (χ2n) is 5.18. The topological polar surface area (TPSA) is 51.5 Å². The van der Waals surface area contributed by atoms with Crippen LogP contribution in [0.25, 0.3) is 10.9 Å². The van der Waals surface area contributed by atoms with E-state index < -0.39 is 12.3 Å². The van der Waals surface area contributed by atoms with Gasteiger partial charge in [0.1, 0.15) is 5.75 Å². The quantitative estimate of drug-likeness (QED) is 0.774. The standard InChI is InChI=1S/C17H12F3NO3/c18-17(19,20)24-12-7-5-11(6-8-12)9-21-10-14(16(22)23)13-3-1-2-4-15(13)21/h1-8,10H,9H2,(H,22,23). The van der Waals surface area contributed by atoms with Crippen molar-refractivity contribution in [1.82, 2.24) is 4.57 Å². The molecule has 0 radical (unpaired) electrons. The fraction of sp³-hybridized carbons (Fsp3) is 0.118. The highest BCUT2D eigenvalue weighted by atomic mass is 19.4. The van der Waals surface area contributed by atoms with Crippen LogP contribution in [-0.4, -0.2) is 22.0 Å². The van der Waals surface area contributed by atoms with Crippen molar-refractivity contribution in [2.75, 3.05) is 0 Å². The number of aromatic nitrogens is 1. The third-order valence-electron chi connectivity index (χ3n) is 3.53. The van der Waals surface area contributed by atoms with Crippen LogP contribution in [0.15, 0.2) is 54.7 Å². The Kier molecular flexibility index (Phi) is 3.92. The number of carboxylic acid groups (broad SMARTS) is 1. The number of hydrogen-bond acceptors (Lipinski definition) is 2. The number of rotatable bonds is 4. The van der Waals surface area contributed by atoms with E-state index in [2.05, 4.69) is 4.74 Å². The smallest absolute Gasteiger partial charge is 0.478 e. The van der Waals surface area contributed by atoms with Crippen LogP contribution in [0, 0.1) is 0 Å². The molecule has 0 aliphatic carbocycles. The van der Waals surface area contributed by atoms with Crippen LogP contribution < -0.4 is 4.74 Å². The fourth-order valence-electron chi connectivity index (χ4n) is 2.54. The van der Waals surface area contributed by atoms with Gasteiger partial charge in [0.25, 0.3) is 0 Å². The van der Waals surface area contributed by atoms with Crippen molar-refractivity contribution in [2.45, 2.75) is 12.9 Å². The van der Waals surface area contributed by atoms with Crippen molar-refractivity contribution in [2.24, 2.45) is 0 Å². The van der Waals surface area contributed by atoms with E-state index in [1.54, 1.807) is 28.8 Å². The first-order valence-corrected chi connectivity index (χ1v) is 6.99. The second-order valence-corrected chi connectivity index (χ2v) is 5.18. The summed E-state index contributed by atoms with van der Waals surface area (Å²) in [5.41, 5.74) is 1.65. The van der Waals surface area contributed by atoms with Crippen molar-refractivity contribution < 1.29 is 27.8 Å². The summed E-state index contributed by atoms with van der Waals surface area (Å²) in [6.07, 6.45) is -3.21. The fourth-order valence-corrected chi connectivity index (χ4v) is 2.54. The Morgan fingerprint density at radius 2 is 1.75 bits per heavy atom. The molecule has 0 unspecified atom stereocenters. The van der Waals surface area contributed by atoms with Crippen molar-refractivity contribution >= 4 is 16.9 Å². The second kappa shape index (κ2) is 5.92. The summed E-state index contributed by atoms with van der Waals surface area (Å²) in [6.45, 7) is 0.333. The van der Waals surface area contributed by atoms with Gasteiger partial charge in [-0.3, -0.25) is 0 Å². The molecule has 0 saturated carbocycles. The number of carbonyl (C=O) groups is 1. The van der Waals surface area contributed by atoms with Crippen molar-refractivity contribution in [3.8, 4) is 5.75 Å². The molecule has 1 heterocycles. The largest absolute Gasteiger partial charge is 0.573 e. The molecule has 0 saturated heterocycles. The summed E-state index contributed by atoms with van der Waals surface area (Å²) < 4.78 is 42.1. The minimum atomic E-state index is -4.73. The van der Waals surface area contributed by atoms with Crippen LogP contribution in [0.3, 0.4) is 0 Å². The molecule has 7 heteroatoms. The maximum absolute atomic E-state index is 12.2. The van der Waals surface area contributed by atoms with Gasteiger partial charge in [-0.25, -0.2) is 4.79 Å². The molecule has 24 heavy (non-hydrogen) atoms. The molecule has 3 rings (SSSR count). The number of alkyl halides is 3. The van der Waals surface area contributed by atoms with Crippen LogP contribution in [-0.2, 0) is 6.54 Å². The lowest BCUT2D eigenvalue weighted by Gasteiger charge is -2.10. The number of carboxylic acids is 1. The molecule has 1 N–H and O–H groups in total. The normalized spacial score (nSPS) is 11.6. The van der Waals surface area contributed by atoms with Crippen LogP contribution in [0.5, 0.6) is 5.75 Å². The zero-order valence-electron chi connectivity index (χ0n) is 12.2. The molecule has 3 aromatic rings. The Hall–Kier alpha value is -2.96. The van der Waals surface area contributed by atoms with Gasteiger partial charge in [0.2, 0.25) is 0 Å². The number of ether oxygens (including phenoxy) is 1. The number of nitrogens with zero attached hydrogens (tertiary/aromatic N) is 1. The lowest BCUT2D eigenvalue weighted by molar-refractivity contribution is -0.274. The number of para-hydroxylation sites is 1. The van der Waals surface area contributed by atoms with Crippen molar-refractivity contribution in [1.29, 1.82) is 0 Å². The van der Waals surface area contributed by atoms with Gasteiger partial charge < -0.3 is 14.4 Å². The van der Waals surface area contributed by atoms with E-state index in [0.29, 0.717) is 11.9 Å². The SMILES string of the molecule is O=C(O)c1cn(Cc2ccc(OC(F)(F)F)cc2)c2ccccc12. The zero-order chi connectivity index (χ0) is 17.3. The van der Waals surface area contributed by atoms with Crippen LogP contribution in [0.2, 0.25) is 0 Å². The average molecular weight is 335 g/mol. The Morgan fingerprint density at radius 3 is 2.38 bits per heavy atom. The Bertz CT molecular complexity index is 882. The summed E-state index contributed by atoms with van der Waals surface area (Å²) in [5.74, 6) is -1.33. The molecule has 2 aromatic carbocycles. The Balaban J connectivity index is 1.89. The maximum Gasteiger partial charge on any atom is 0.573 e. The van der Waals surface area contributed by atoms with Gasteiger partial charge in [-0.2, -0.15) is 0 Å². The molecule has 1 aromatic heterocycles. The molecule has 0 spiro atoms. The molecular weight excluding hydrogens is 323 g/mol. The average Bonchev–Trinajstić information content (AvgIpc) is 2.87. The number of benzene rings is 2. The summed E-state index contributed by atoms with van der Waals surface area (Å²) in [5, 5.41) is 9.88. The third kappa shape index (κ3) is 3.34. The first kappa shape index (κ1) is 15.9. The van der Waals surface area contributed by atoms with Gasteiger partial charge >= 0.3 is 12.3 Å². The molecule has 0 fully saturated rings. The van der Waals surface area contributed by atoms with E-state index >= 15 is 0 Å². The highest BCUT2D eigenvalue weighted by Crippen LogP contribution is 2.25. The minimum absolute atomic E-state index is 0.183. The van der Waals surface area contributed by atoms with Crippen LogP contribution in [0.1, 0.15) is 15.9 Å². The van der Waals surface area contributed by atoms with E-state index in [-0.39, 0.29) is 11.3 Å². The van der Waals surface area contributed by atoms with Crippen molar-refractivity contribution in [3.63, 3.8) is 0 Å². The van der Waals surface area contributed by atoms with E-state index in [4.69, 9.17) is 0 Å². The van der Waals surface area contributed by atoms with Crippen LogP contribution >= 0.6 is 0 Å². The lowest BCUT2D eigenvalue weighted by atomic mass is 10.2. The molecular formula is C17H12F3NO3. The molecule has 0 aliphatic rings. The first-order valence-electron chi connectivity index (χ1n) is 6.99. The van der Waals surface area contributed by atoms with Gasteiger partial charge in [0, 0.05) is 23.6 Å². The van der Waals surface area contributed by atoms with E-state index in [1.807, 2.05) is 0 Å². The van der Waals surface area contributed by atoms with Crippen molar-refractivity contribution in [3.05, 3.63) is 65.9 Å². The monoisotopic (exact) mass is 335 g/mol. The van der Waals surface area contributed by atoms with Gasteiger partial charge in [-0.15, -0.1) is 13.2 Å². The summed E-state index contributed by atoms with van der Waals surface area (Å²) in [7, 11) is 0. The molecule has 0 amide bonds. The highest BCUT2D eigenvalue weighted by molar-refractivity contribution is 6.03. The molecule has 124 valence electrons. The lowest BCUT2D eigenvalue weighted by Crippen LogP contribution is -2.17. The number of fused-ring (bicyclic) bond motifs is 1. The van der Waals surface area contributed by atoms with Crippen LogP contribution in [0.4, 0.5) is 13.2 Å². The summed E-state index contributed by atoms with van der Waals surface area (Å²) >= 11 is 0. The maximum atomic E-state index is 12.2. The van der Waals surface area contributed by atoms with E-state index in [1.165, 1.54) is 30.5 Å². The Labute approximate surface area is 134 Å². The van der Waals surface area contributed by atoms with Gasteiger partial charge in [-0.05, 0) is 23.8 Å². The Morgan fingerprint density at radius 1 is 1.08 bits per heavy atom. The minimum Gasteiger partial charge on any atom is -0.478 e. The highest BCUT2D eigenvalue weighted by Gasteiger charge is 2.30. The molecule has 0 atom stereocenters. The van der Waals surface area contributed by atoms with Gasteiger partial charge in [0.15, 0.2) is 0 Å². The summed E-state index contributed by atoms with van der Waals surface area (Å²) in [6, 6.07) is 12.5. The number of aromatic carboxylic acids is 1. The molecule has 4 nitrogen and oxygen atoms in total. The summed E-state index contributed by atoms with van der Waals surface area (Å²) in [4.78, 5) is 11.3. The molecule has 0 aliphatic heterocycles. The van der Waals surface area contributed by atoms with E-state index in [0.717, 1.165) is 11.1 Å². The predicted molar refractivity (Wildman–Crippen MR) is 81.1 cm³/mol. The van der Waals surface area contributed by atoms with Gasteiger partial charge in [0.05, 0.1) is 5.56 Å². The predicted octanol–water partition coefficient (Wildman–Crippen LogP) is 4.29. The number of halogens is 3. The third-order valence-corrected chi connectivity index (χ3v) is 3.53. The first-order chi connectivity index (χ1) is 11.3.